The van der Waals surface area contributed by atoms with Crippen LogP contribution in [0, 0.1) is 5.41 Å². The van der Waals surface area contributed by atoms with E-state index < -0.39 is 0 Å². The van der Waals surface area contributed by atoms with Crippen LogP contribution in [0.5, 0.6) is 0 Å². The van der Waals surface area contributed by atoms with Crippen LogP contribution in [-0.4, -0.2) is 35.8 Å². The Kier molecular flexibility index (Phi) is 3.41. The van der Waals surface area contributed by atoms with Crippen LogP contribution in [0.25, 0.3) is 0 Å². The monoisotopic (exact) mass is 246 g/mol. The van der Waals surface area contributed by atoms with E-state index in [0.29, 0.717) is 17.7 Å². The number of nitrogens with one attached hydrogen (secondary N) is 1. The smallest absolute Gasteiger partial charge is 0.261 e. The van der Waals surface area contributed by atoms with Crippen LogP contribution in [0.4, 0.5) is 0 Å². The number of ether oxygens (including phenoxy) is 1. The maximum Gasteiger partial charge on any atom is 0.261 e. The molecule has 0 bridgehead atoms. The minimum atomic E-state index is -0.292. The molecule has 1 aliphatic heterocycles. The topological polar surface area (TPSA) is 70.5 Å². The van der Waals surface area contributed by atoms with Crippen molar-refractivity contribution >= 4 is 17.7 Å². The molecule has 0 spiro atoms. The minimum Gasteiger partial charge on any atom is -0.481 e. The zero-order valence-electron chi connectivity index (χ0n) is 10.1. The molecule has 0 fully saturated rings. The fourth-order valence-electron chi connectivity index (χ4n) is 1.90. The Hall–Kier alpha value is -2.17. The van der Waals surface area contributed by atoms with Gasteiger partial charge in [0.2, 0.25) is 0 Å². The average molecular weight is 246 g/mol. The fraction of sp³-hybridized carbons (Fsp3) is 0.308. The molecule has 1 aromatic carbocycles. The zero-order valence-corrected chi connectivity index (χ0v) is 10.1. The van der Waals surface area contributed by atoms with Gasteiger partial charge in [0, 0.05) is 13.0 Å². The number of rotatable bonds is 4. The van der Waals surface area contributed by atoms with Crippen LogP contribution in [0.1, 0.15) is 34.1 Å². The molecule has 94 valence electrons. The van der Waals surface area contributed by atoms with E-state index >= 15 is 0 Å². The summed E-state index contributed by atoms with van der Waals surface area (Å²) in [6.45, 7) is 2.39. The van der Waals surface area contributed by atoms with Crippen molar-refractivity contribution in [1.82, 2.24) is 4.90 Å². The molecule has 2 rings (SSSR count). The van der Waals surface area contributed by atoms with Crippen LogP contribution < -0.4 is 0 Å². The van der Waals surface area contributed by atoms with E-state index in [0.717, 1.165) is 4.90 Å². The summed E-state index contributed by atoms with van der Waals surface area (Å²) in [4.78, 5) is 25.1. The fourth-order valence-corrected chi connectivity index (χ4v) is 1.90. The third-order valence-corrected chi connectivity index (χ3v) is 2.76. The number of fused-ring (bicyclic) bond motifs is 1. The number of hydrogen-bond acceptors (Lipinski definition) is 4. The highest BCUT2D eigenvalue weighted by Crippen LogP contribution is 2.22. The highest BCUT2D eigenvalue weighted by Gasteiger charge is 2.34. The van der Waals surface area contributed by atoms with Gasteiger partial charge in [-0.05, 0) is 19.1 Å². The predicted octanol–water partition coefficient (Wildman–Crippen LogP) is 1.69. The summed E-state index contributed by atoms with van der Waals surface area (Å²) in [5.74, 6) is -0.492. The normalized spacial score (nSPS) is 13.7. The number of amides is 2. The van der Waals surface area contributed by atoms with E-state index in [-0.39, 0.29) is 30.7 Å². The molecule has 1 aliphatic rings. The summed E-state index contributed by atoms with van der Waals surface area (Å²) < 4.78 is 4.98. The van der Waals surface area contributed by atoms with Crippen molar-refractivity contribution in [2.24, 2.45) is 0 Å². The summed E-state index contributed by atoms with van der Waals surface area (Å²) in [5.41, 5.74) is 0.871. The predicted molar refractivity (Wildman–Crippen MR) is 65.8 cm³/mol. The van der Waals surface area contributed by atoms with Gasteiger partial charge in [0.1, 0.15) is 0 Å². The molecule has 2 amide bonds. The lowest BCUT2D eigenvalue weighted by Crippen LogP contribution is -2.32. The molecule has 0 saturated heterocycles. The summed E-state index contributed by atoms with van der Waals surface area (Å²) >= 11 is 0. The van der Waals surface area contributed by atoms with Crippen molar-refractivity contribution in [3.8, 4) is 0 Å². The van der Waals surface area contributed by atoms with Crippen molar-refractivity contribution in [3.63, 3.8) is 0 Å². The molecule has 1 N–H and O–H groups in total. The Labute approximate surface area is 105 Å². The Bertz CT molecular complexity index is 476. The number of nitrogens with zero attached hydrogens (tertiary/aromatic N) is 1. The first-order valence-electron chi connectivity index (χ1n) is 5.80. The molecule has 0 atom stereocenters. The number of benzene rings is 1. The molecule has 0 radical (unpaired) electrons. The van der Waals surface area contributed by atoms with E-state index in [2.05, 4.69) is 0 Å². The summed E-state index contributed by atoms with van der Waals surface area (Å²) in [7, 11) is 0. The highest BCUT2D eigenvalue weighted by atomic mass is 16.5. The Balaban J connectivity index is 2.07. The second-order valence-electron chi connectivity index (χ2n) is 3.91. The van der Waals surface area contributed by atoms with Gasteiger partial charge in [-0.25, -0.2) is 0 Å². The second-order valence-corrected chi connectivity index (χ2v) is 3.91. The van der Waals surface area contributed by atoms with Gasteiger partial charge in [-0.1, -0.05) is 12.1 Å². The quantitative estimate of drug-likeness (QED) is 0.499. The maximum absolute atomic E-state index is 12.0. The van der Waals surface area contributed by atoms with Gasteiger partial charge < -0.3 is 4.74 Å². The average Bonchev–Trinajstić information content (AvgIpc) is 2.61. The van der Waals surface area contributed by atoms with Gasteiger partial charge in [0.15, 0.2) is 5.90 Å². The molecule has 1 heterocycles. The molecule has 1 aromatic rings. The number of hydrogen-bond donors (Lipinski definition) is 1. The maximum atomic E-state index is 12.0. The first kappa shape index (κ1) is 12.3. The lowest BCUT2D eigenvalue weighted by Gasteiger charge is -2.13. The van der Waals surface area contributed by atoms with E-state index in [9.17, 15) is 9.59 Å². The van der Waals surface area contributed by atoms with E-state index in [1.807, 2.05) is 0 Å². The molecular weight excluding hydrogens is 232 g/mol. The number of carbonyl (C=O) groups excluding carboxylic acids is 2. The number of imide groups is 1. The van der Waals surface area contributed by atoms with E-state index in [1.165, 1.54) is 0 Å². The standard InChI is InChI=1S/C13H14N2O3/c1-2-18-11(14)7-8-15-12(16)9-5-3-4-6-10(9)13(15)17/h3-6,14H,2,7-8H2,1H3. The van der Waals surface area contributed by atoms with Gasteiger partial charge in [0.25, 0.3) is 11.8 Å². The van der Waals surface area contributed by atoms with Crippen molar-refractivity contribution in [2.75, 3.05) is 13.2 Å². The van der Waals surface area contributed by atoms with Crippen LogP contribution in [0.15, 0.2) is 24.3 Å². The largest absolute Gasteiger partial charge is 0.481 e. The molecular formula is C13H14N2O3. The second kappa shape index (κ2) is 5.00. The van der Waals surface area contributed by atoms with Crippen molar-refractivity contribution < 1.29 is 14.3 Å². The van der Waals surface area contributed by atoms with Crippen molar-refractivity contribution in [1.29, 1.82) is 5.41 Å². The molecule has 5 nitrogen and oxygen atoms in total. The minimum absolute atomic E-state index is 0.0917. The SMILES string of the molecule is CCOC(=N)CCN1C(=O)c2ccccc2C1=O. The van der Waals surface area contributed by atoms with Crippen LogP contribution >= 0.6 is 0 Å². The summed E-state index contributed by atoms with van der Waals surface area (Å²) in [6, 6.07) is 6.75. The van der Waals surface area contributed by atoms with Crippen molar-refractivity contribution in [2.45, 2.75) is 13.3 Å². The molecule has 0 aromatic heterocycles. The Morgan fingerprint density at radius 3 is 2.28 bits per heavy atom. The number of carbonyl (C=O) groups is 2. The summed E-state index contributed by atoms with van der Waals surface area (Å²) in [6.07, 6.45) is 0.249. The van der Waals surface area contributed by atoms with Gasteiger partial charge in [0.05, 0.1) is 17.7 Å². The zero-order chi connectivity index (χ0) is 13.1. The van der Waals surface area contributed by atoms with Gasteiger partial charge in [-0.3, -0.25) is 19.9 Å². The van der Waals surface area contributed by atoms with Gasteiger partial charge in [-0.2, -0.15) is 0 Å². The molecule has 0 unspecified atom stereocenters. The first-order chi connectivity index (χ1) is 8.65. The molecule has 0 aliphatic carbocycles. The highest BCUT2D eigenvalue weighted by molar-refractivity contribution is 6.21. The third kappa shape index (κ3) is 2.11. The molecule has 0 saturated carbocycles. The Morgan fingerprint density at radius 1 is 1.22 bits per heavy atom. The van der Waals surface area contributed by atoms with Gasteiger partial charge in [-0.15, -0.1) is 0 Å². The van der Waals surface area contributed by atoms with E-state index in [1.54, 1.807) is 31.2 Å². The lowest BCUT2D eigenvalue weighted by molar-refractivity contribution is 0.0657. The molecule has 18 heavy (non-hydrogen) atoms. The van der Waals surface area contributed by atoms with Gasteiger partial charge >= 0.3 is 0 Å². The summed E-state index contributed by atoms with van der Waals surface area (Å²) in [5, 5.41) is 7.47. The lowest BCUT2D eigenvalue weighted by atomic mass is 10.1. The Morgan fingerprint density at radius 2 is 1.78 bits per heavy atom. The molecule has 5 heteroatoms. The third-order valence-electron chi connectivity index (χ3n) is 2.76. The van der Waals surface area contributed by atoms with Crippen LogP contribution in [0.2, 0.25) is 0 Å². The van der Waals surface area contributed by atoms with Crippen molar-refractivity contribution in [3.05, 3.63) is 35.4 Å². The van der Waals surface area contributed by atoms with E-state index in [4.69, 9.17) is 10.1 Å². The van der Waals surface area contributed by atoms with Crippen LogP contribution in [0.3, 0.4) is 0 Å². The first-order valence-corrected chi connectivity index (χ1v) is 5.80. The van der Waals surface area contributed by atoms with Crippen LogP contribution in [-0.2, 0) is 4.74 Å².